The normalized spacial score (nSPS) is 15.6. The first-order chi connectivity index (χ1) is 12.5. The molecule has 0 spiro atoms. The first-order valence-electron chi connectivity index (χ1n) is 9.29. The minimum atomic E-state index is -0.361. The van der Waals surface area contributed by atoms with Crippen LogP contribution in [-0.2, 0) is 0 Å². The summed E-state index contributed by atoms with van der Waals surface area (Å²) in [6.07, 6.45) is 3.69. The van der Waals surface area contributed by atoms with Gasteiger partial charge in [0.2, 0.25) is 0 Å². The second kappa shape index (κ2) is 7.87. The van der Waals surface area contributed by atoms with E-state index in [1.807, 2.05) is 30.3 Å². The molecule has 0 atom stereocenters. The van der Waals surface area contributed by atoms with Crippen molar-refractivity contribution < 1.29 is 4.79 Å². The SMILES string of the molecule is CC(C)(CNC(=O)c1ccc(-c2ccccc2)[nH]c1=O)N1CCCCC1. The van der Waals surface area contributed by atoms with Gasteiger partial charge in [-0.1, -0.05) is 36.8 Å². The average molecular weight is 353 g/mol. The Morgan fingerprint density at radius 1 is 1.08 bits per heavy atom. The predicted molar refractivity (Wildman–Crippen MR) is 104 cm³/mol. The number of carbonyl (C=O) groups excluding carboxylic acids is 1. The van der Waals surface area contributed by atoms with Gasteiger partial charge in [0.1, 0.15) is 5.56 Å². The molecule has 138 valence electrons. The van der Waals surface area contributed by atoms with Crippen molar-refractivity contribution in [3.63, 3.8) is 0 Å². The van der Waals surface area contributed by atoms with E-state index < -0.39 is 0 Å². The molecule has 5 heteroatoms. The monoisotopic (exact) mass is 353 g/mol. The molecule has 2 aromatic rings. The quantitative estimate of drug-likeness (QED) is 0.868. The summed E-state index contributed by atoms with van der Waals surface area (Å²) in [4.78, 5) is 30.1. The fraction of sp³-hybridized carbons (Fsp3) is 0.429. The van der Waals surface area contributed by atoms with Crippen LogP contribution in [0, 0.1) is 0 Å². The molecule has 1 aliphatic rings. The van der Waals surface area contributed by atoms with E-state index in [4.69, 9.17) is 0 Å². The number of hydrogen-bond acceptors (Lipinski definition) is 3. The lowest BCUT2D eigenvalue weighted by Gasteiger charge is -2.41. The number of rotatable bonds is 5. The number of hydrogen-bond donors (Lipinski definition) is 2. The molecule has 0 bridgehead atoms. The highest BCUT2D eigenvalue weighted by Gasteiger charge is 2.28. The molecule has 0 aliphatic carbocycles. The average Bonchev–Trinajstić information content (AvgIpc) is 2.67. The van der Waals surface area contributed by atoms with Gasteiger partial charge in [-0.2, -0.15) is 0 Å². The molecule has 26 heavy (non-hydrogen) atoms. The number of aromatic amines is 1. The van der Waals surface area contributed by atoms with Gasteiger partial charge < -0.3 is 10.3 Å². The first kappa shape index (κ1) is 18.4. The molecule has 2 N–H and O–H groups in total. The molecular weight excluding hydrogens is 326 g/mol. The van der Waals surface area contributed by atoms with Gasteiger partial charge in [0.15, 0.2) is 0 Å². The molecule has 0 radical (unpaired) electrons. The van der Waals surface area contributed by atoms with Gasteiger partial charge in [-0.15, -0.1) is 0 Å². The van der Waals surface area contributed by atoms with Gasteiger partial charge in [-0.25, -0.2) is 0 Å². The lowest BCUT2D eigenvalue weighted by Crippen LogP contribution is -2.53. The Labute approximate surface area is 154 Å². The Kier molecular flexibility index (Phi) is 5.57. The highest BCUT2D eigenvalue weighted by molar-refractivity contribution is 5.94. The van der Waals surface area contributed by atoms with E-state index in [9.17, 15) is 9.59 Å². The van der Waals surface area contributed by atoms with E-state index >= 15 is 0 Å². The van der Waals surface area contributed by atoms with E-state index in [-0.39, 0.29) is 22.6 Å². The van der Waals surface area contributed by atoms with Crippen molar-refractivity contribution in [2.75, 3.05) is 19.6 Å². The smallest absolute Gasteiger partial charge is 0.261 e. The number of nitrogens with zero attached hydrogens (tertiary/aromatic N) is 1. The summed E-state index contributed by atoms with van der Waals surface area (Å²) in [5.74, 6) is -0.323. The summed E-state index contributed by atoms with van der Waals surface area (Å²) in [6, 6.07) is 13.0. The molecule has 1 saturated heterocycles. The molecule has 2 heterocycles. The van der Waals surface area contributed by atoms with Gasteiger partial charge in [0.05, 0.1) is 0 Å². The molecule has 0 unspecified atom stereocenters. The summed E-state index contributed by atoms with van der Waals surface area (Å²) in [7, 11) is 0. The Morgan fingerprint density at radius 3 is 2.42 bits per heavy atom. The third-order valence-corrected chi connectivity index (χ3v) is 5.13. The summed E-state index contributed by atoms with van der Waals surface area (Å²) in [5.41, 5.74) is 1.30. The number of pyridine rings is 1. The fourth-order valence-corrected chi connectivity index (χ4v) is 3.44. The minimum absolute atomic E-state index is 0.118. The standard InChI is InChI=1S/C21H27N3O2/c1-21(2,24-13-7-4-8-14-24)15-22-19(25)17-11-12-18(23-20(17)26)16-9-5-3-6-10-16/h3,5-6,9-12H,4,7-8,13-15H2,1-2H3,(H,22,25)(H,23,26). The maximum atomic E-state index is 12.5. The zero-order valence-electron chi connectivity index (χ0n) is 15.5. The van der Waals surface area contributed by atoms with Gasteiger partial charge in [-0.3, -0.25) is 14.5 Å². The van der Waals surface area contributed by atoms with Crippen molar-refractivity contribution in [3.8, 4) is 11.3 Å². The summed E-state index contributed by atoms with van der Waals surface area (Å²) >= 11 is 0. The predicted octanol–water partition coefficient (Wildman–Crippen LogP) is 3.04. The number of nitrogens with one attached hydrogen (secondary N) is 2. The Bertz CT molecular complexity index is 806. The summed E-state index contributed by atoms with van der Waals surface area (Å²) in [5, 5.41) is 2.94. The van der Waals surface area contributed by atoms with Crippen molar-refractivity contribution in [2.45, 2.75) is 38.6 Å². The van der Waals surface area contributed by atoms with Crippen LogP contribution in [-0.4, -0.2) is 41.0 Å². The number of benzene rings is 1. The van der Waals surface area contributed by atoms with E-state index in [0.29, 0.717) is 12.2 Å². The van der Waals surface area contributed by atoms with Crippen LogP contribution in [0.3, 0.4) is 0 Å². The molecule has 1 aromatic carbocycles. The van der Waals surface area contributed by atoms with E-state index in [0.717, 1.165) is 18.7 Å². The van der Waals surface area contributed by atoms with Crippen LogP contribution >= 0.6 is 0 Å². The fourth-order valence-electron chi connectivity index (χ4n) is 3.44. The van der Waals surface area contributed by atoms with Crippen molar-refractivity contribution in [1.82, 2.24) is 15.2 Å². The lowest BCUT2D eigenvalue weighted by molar-refractivity contribution is 0.0796. The van der Waals surface area contributed by atoms with Crippen LogP contribution in [0.5, 0.6) is 0 Å². The van der Waals surface area contributed by atoms with Crippen molar-refractivity contribution >= 4 is 5.91 Å². The summed E-state index contributed by atoms with van der Waals surface area (Å²) in [6.45, 7) is 6.93. The molecular formula is C21H27N3O2. The second-order valence-electron chi connectivity index (χ2n) is 7.52. The number of amides is 1. The Morgan fingerprint density at radius 2 is 1.77 bits per heavy atom. The minimum Gasteiger partial charge on any atom is -0.350 e. The van der Waals surface area contributed by atoms with E-state index in [1.165, 1.54) is 19.3 Å². The van der Waals surface area contributed by atoms with Crippen molar-refractivity contribution in [1.29, 1.82) is 0 Å². The lowest BCUT2D eigenvalue weighted by atomic mass is 9.98. The van der Waals surface area contributed by atoms with Crippen molar-refractivity contribution in [3.05, 3.63) is 58.4 Å². The largest absolute Gasteiger partial charge is 0.350 e. The van der Waals surface area contributed by atoms with Crippen LogP contribution in [0.15, 0.2) is 47.3 Å². The number of likely N-dealkylation sites (tertiary alicyclic amines) is 1. The van der Waals surface area contributed by atoms with Crippen LogP contribution in [0.4, 0.5) is 0 Å². The molecule has 1 fully saturated rings. The number of piperidine rings is 1. The number of aromatic nitrogens is 1. The van der Waals surface area contributed by atoms with Gasteiger partial charge in [-0.05, 0) is 57.5 Å². The highest BCUT2D eigenvalue weighted by atomic mass is 16.2. The Hall–Kier alpha value is -2.40. The van der Waals surface area contributed by atoms with E-state index in [1.54, 1.807) is 12.1 Å². The third-order valence-electron chi connectivity index (χ3n) is 5.13. The molecule has 1 aromatic heterocycles. The maximum absolute atomic E-state index is 12.5. The number of carbonyl (C=O) groups is 1. The topological polar surface area (TPSA) is 65.2 Å². The van der Waals surface area contributed by atoms with Gasteiger partial charge in [0, 0.05) is 17.8 Å². The zero-order valence-corrected chi connectivity index (χ0v) is 15.5. The van der Waals surface area contributed by atoms with E-state index in [2.05, 4.69) is 29.0 Å². The number of H-pyrrole nitrogens is 1. The molecule has 3 rings (SSSR count). The van der Waals surface area contributed by atoms with Crippen LogP contribution in [0.2, 0.25) is 0 Å². The highest BCUT2D eigenvalue weighted by Crippen LogP contribution is 2.20. The molecule has 1 aliphatic heterocycles. The third kappa shape index (κ3) is 4.22. The van der Waals surface area contributed by atoms with Crippen LogP contribution in [0.25, 0.3) is 11.3 Å². The zero-order chi connectivity index (χ0) is 18.6. The first-order valence-corrected chi connectivity index (χ1v) is 9.29. The van der Waals surface area contributed by atoms with Crippen LogP contribution < -0.4 is 10.9 Å². The Balaban J connectivity index is 1.67. The maximum Gasteiger partial charge on any atom is 0.261 e. The van der Waals surface area contributed by atoms with Crippen molar-refractivity contribution in [2.24, 2.45) is 0 Å². The molecule has 5 nitrogen and oxygen atoms in total. The van der Waals surface area contributed by atoms with Gasteiger partial charge >= 0.3 is 0 Å². The molecule has 1 amide bonds. The molecule has 0 saturated carbocycles. The summed E-state index contributed by atoms with van der Waals surface area (Å²) < 4.78 is 0. The second-order valence-corrected chi connectivity index (χ2v) is 7.52. The van der Waals surface area contributed by atoms with Gasteiger partial charge in [0.25, 0.3) is 11.5 Å². The van der Waals surface area contributed by atoms with Crippen LogP contribution in [0.1, 0.15) is 43.5 Å².